The summed E-state index contributed by atoms with van der Waals surface area (Å²) in [6.45, 7) is 3.60. The van der Waals surface area contributed by atoms with Crippen molar-refractivity contribution in [3.8, 4) is 5.75 Å². The van der Waals surface area contributed by atoms with Crippen molar-refractivity contribution < 1.29 is 14.3 Å². The molecule has 2 aromatic rings. The molecule has 0 aromatic heterocycles. The Bertz CT molecular complexity index is 754. The number of nitrogens with one attached hydrogen (secondary N) is 1. The first-order valence-corrected chi connectivity index (χ1v) is 9.16. The van der Waals surface area contributed by atoms with Crippen LogP contribution in [-0.4, -0.2) is 61.4 Å². The molecule has 0 bridgehead atoms. The normalized spacial score (nSPS) is 14.6. The van der Waals surface area contributed by atoms with Crippen molar-refractivity contribution in [3.63, 3.8) is 0 Å². The number of ether oxygens (including phenoxy) is 1. The van der Waals surface area contributed by atoms with E-state index in [-0.39, 0.29) is 11.8 Å². The number of para-hydroxylation sites is 1. The van der Waals surface area contributed by atoms with Crippen LogP contribution in [0.2, 0.25) is 0 Å². The van der Waals surface area contributed by atoms with E-state index in [4.69, 9.17) is 4.74 Å². The van der Waals surface area contributed by atoms with Gasteiger partial charge >= 0.3 is 0 Å². The fraction of sp³-hybridized carbons (Fsp3) is 0.333. The zero-order chi connectivity index (χ0) is 19.1. The van der Waals surface area contributed by atoms with Crippen LogP contribution in [0.5, 0.6) is 5.75 Å². The number of carbonyl (C=O) groups is 2. The summed E-state index contributed by atoms with van der Waals surface area (Å²) in [5.74, 6) is 0.794. The van der Waals surface area contributed by atoms with E-state index in [1.807, 2.05) is 35.2 Å². The maximum atomic E-state index is 12.6. The fourth-order valence-electron chi connectivity index (χ4n) is 3.10. The molecule has 2 amide bonds. The highest BCUT2D eigenvalue weighted by Crippen LogP contribution is 2.14. The van der Waals surface area contributed by atoms with E-state index in [9.17, 15) is 9.59 Å². The quantitative estimate of drug-likeness (QED) is 0.852. The molecule has 27 heavy (non-hydrogen) atoms. The Morgan fingerprint density at radius 2 is 1.63 bits per heavy atom. The minimum absolute atomic E-state index is 0.0120. The lowest BCUT2D eigenvalue weighted by molar-refractivity contribution is -0.116. The molecule has 1 aliphatic heterocycles. The zero-order valence-electron chi connectivity index (χ0n) is 15.6. The molecule has 1 N–H and O–H groups in total. The van der Waals surface area contributed by atoms with Gasteiger partial charge < -0.3 is 15.0 Å². The summed E-state index contributed by atoms with van der Waals surface area (Å²) >= 11 is 0. The van der Waals surface area contributed by atoms with Crippen LogP contribution in [0.15, 0.2) is 54.6 Å². The molecule has 2 aromatic carbocycles. The lowest BCUT2D eigenvalue weighted by Crippen LogP contribution is -2.49. The van der Waals surface area contributed by atoms with Crippen LogP contribution in [-0.2, 0) is 4.79 Å². The van der Waals surface area contributed by atoms with E-state index in [1.165, 1.54) is 0 Å². The molecule has 6 heteroatoms. The summed E-state index contributed by atoms with van der Waals surface area (Å²) in [6.07, 6.45) is 0.446. The number of methoxy groups -OCH3 is 1. The molecule has 0 atom stereocenters. The molecule has 0 saturated carbocycles. The average molecular weight is 367 g/mol. The van der Waals surface area contributed by atoms with Crippen molar-refractivity contribution in [2.24, 2.45) is 0 Å². The highest BCUT2D eigenvalue weighted by molar-refractivity contribution is 5.94. The van der Waals surface area contributed by atoms with E-state index in [2.05, 4.69) is 10.2 Å². The molecule has 1 heterocycles. The molecule has 3 rings (SSSR count). The van der Waals surface area contributed by atoms with Crippen LogP contribution in [0.1, 0.15) is 16.8 Å². The van der Waals surface area contributed by atoms with Crippen molar-refractivity contribution in [3.05, 3.63) is 60.2 Å². The van der Waals surface area contributed by atoms with Crippen molar-refractivity contribution in [2.75, 3.05) is 45.2 Å². The second kappa shape index (κ2) is 9.19. The van der Waals surface area contributed by atoms with E-state index < -0.39 is 0 Å². The molecular formula is C21H25N3O3. The van der Waals surface area contributed by atoms with Crippen LogP contribution in [0.4, 0.5) is 5.69 Å². The maximum Gasteiger partial charge on any atom is 0.253 e. The Labute approximate surface area is 159 Å². The summed E-state index contributed by atoms with van der Waals surface area (Å²) < 4.78 is 5.13. The first kappa shape index (κ1) is 18.9. The standard InChI is InChI=1S/C21H25N3O3/c1-27-19-9-7-17(8-10-19)21(26)24-15-13-23(14-16-24)12-11-20(25)22-18-5-3-2-4-6-18/h2-10H,11-16H2,1H3,(H,22,25). The molecular weight excluding hydrogens is 342 g/mol. The van der Waals surface area contributed by atoms with Gasteiger partial charge in [0.2, 0.25) is 5.91 Å². The van der Waals surface area contributed by atoms with Gasteiger partial charge in [-0.2, -0.15) is 0 Å². The molecule has 1 aliphatic rings. The number of hydrogen-bond acceptors (Lipinski definition) is 4. The van der Waals surface area contributed by atoms with Crippen LogP contribution in [0.25, 0.3) is 0 Å². The van der Waals surface area contributed by atoms with Gasteiger partial charge in [0.25, 0.3) is 5.91 Å². The Kier molecular flexibility index (Phi) is 6.44. The number of nitrogens with zero attached hydrogens (tertiary/aromatic N) is 2. The Balaban J connectivity index is 1.41. The summed E-state index contributed by atoms with van der Waals surface area (Å²) in [5.41, 5.74) is 1.49. The van der Waals surface area contributed by atoms with Crippen LogP contribution in [0, 0.1) is 0 Å². The van der Waals surface area contributed by atoms with E-state index in [1.54, 1.807) is 31.4 Å². The van der Waals surface area contributed by atoms with Crippen LogP contribution >= 0.6 is 0 Å². The average Bonchev–Trinajstić information content (AvgIpc) is 2.73. The SMILES string of the molecule is COc1ccc(C(=O)N2CCN(CCC(=O)Nc3ccccc3)CC2)cc1. The molecule has 1 fully saturated rings. The first-order chi connectivity index (χ1) is 13.2. The Morgan fingerprint density at radius 3 is 2.26 bits per heavy atom. The highest BCUT2D eigenvalue weighted by Gasteiger charge is 2.22. The number of benzene rings is 2. The van der Waals surface area contributed by atoms with Gasteiger partial charge in [-0.05, 0) is 36.4 Å². The summed E-state index contributed by atoms with van der Waals surface area (Å²) in [7, 11) is 1.61. The van der Waals surface area contributed by atoms with E-state index in [0.29, 0.717) is 31.6 Å². The van der Waals surface area contributed by atoms with Gasteiger partial charge in [0.05, 0.1) is 7.11 Å². The molecule has 1 saturated heterocycles. The molecule has 0 spiro atoms. The van der Waals surface area contributed by atoms with Crippen molar-refractivity contribution in [1.29, 1.82) is 0 Å². The van der Waals surface area contributed by atoms with Crippen molar-refractivity contribution in [2.45, 2.75) is 6.42 Å². The number of piperazine rings is 1. The monoisotopic (exact) mass is 367 g/mol. The highest BCUT2D eigenvalue weighted by atomic mass is 16.5. The lowest BCUT2D eigenvalue weighted by Gasteiger charge is -2.34. The number of rotatable bonds is 6. The largest absolute Gasteiger partial charge is 0.497 e. The Hall–Kier alpha value is -2.86. The van der Waals surface area contributed by atoms with Gasteiger partial charge in [-0.1, -0.05) is 18.2 Å². The molecule has 0 unspecified atom stereocenters. The van der Waals surface area contributed by atoms with Crippen LogP contribution in [0.3, 0.4) is 0 Å². The van der Waals surface area contributed by atoms with Crippen molar-refractivity contribution >= 4 is 17.5 Å². The van der Waals surface area contributed by atoms with Crippen LogP contribution < -0.4 is 10.1 Å². The third kappa shape index (κ3) is 5.31. The lowest BCUT2D eigenvalue weighted by atomic mass is 10.1. The predicted molar refractivity (Wildman–Crippen MR) is 105 cm³/mol. The fourth-order valence-corrected chi connectivity index (χ4v) is 3.10. The van der Waals surface area contributed by atoms with Crippen molar-refractivity contribution in [1.82, 2.24) is 9.80 Å². The zero-order valence-corrected chi connectivity index (χ0v) is 15.6. The first-order valence-electron chi connectivity index (χ1n) is 9.16. The summed E-state index contributed by atoms with van der Waals surface area (Å²) in [4.78, 5) is 28.7. The number of hydrogen-bond donors (Lipinski definition) is 1. The Morgan fingerprint density at radius 1 is 0.963 bits per heavy atom. The summed E-state index contributed by atoms with van der Waals surface area (Å²) in [6, 6.07) is 16.7. The number of amides is 2. The second-order valence-electron chi connectivity index (χ2n) is 6.53. The maximum absolute atomic E-state index is 12.6. The second-order valence-corrected chi connectivity index (χ2v) is 6.53. The smallest absolute Gasteiger partial charge is 0.253 e. The molecule has 0 radical (unpaired) electrons. The number of carbonyl (C=O) groups excluding carboxylic acids is 2. The third-order valence-electron chi connectivity index (χ3n) is 4.71. The predicted octanol–water partition coefficient (Wildman–Crippen LogP) is 2.48. The number of anilines is 1. The van der Waals surface area contributed by atoms with Gasteiger partial charge in [-0.15, -0.1) is 0 Å². The van der Waals surface area contributed by atoms with Gasteiger partial charge in [0, 0.05) is 50.4 Å². The molecule has 0 aliphatic carbocycles. The topological polar surface area (TPSA) is 61.9 Å². The van der Waals surface area contributed by atoms with Gasteiger partial charge in [-0.25, -0.2) is 0 Å². The van der Waals surface area contributed by atoms with Gasteiger partial charge in [0.15, 0.2) is 0 Å². The third-order valence-corrected chi connectivity index (χ3v) is 4.71. The minimum Gasteiger partial charge on any atom is -0.497 e. The van der Waals surface area contributed by atoms with Gasteiger partial charge in [0.1, 0.15) is 5.75 Å². The summed E-state index contributed by atoms with van der Waals surface area (Å²) in [5, 5.41) is 2.90. The van der Waals surface area contributed by atoms with E-state index in [0.717, 1.165) is 24.5 Å². The molecule has 142 valence electrons. The van der Waals surface area contributed by atoms with Gasteiger partial charge in [-0.3, -0.25) is 14.5 Å². The van der Waals surface area contributed by atoms with E-state index >= 15 is 0 Å². The minimum atomic E-state index is 0.0120. The molecule has 6 nitrogen and oxygen atoms in total.